The molecule has 0 heterocycles. The minimum atomic E-state index is -3.71. The summed E-state index contributed by atoms with van der Waals surface area (Å²) in [5.41, 5.74) is 2.03. The summed E-state index contributed by atoms with van der Waals surface area (Å²) in [5.74, 6) is 1.14. The van der Waals surface area contributed by atoms with Crippen LogP contribution in [0.15, 0.2) is 67.3 Å². The second-order valence-corrected chi connectivity index (χ2v) is 11.4. The van der Waals surface area contributed by atoms with Crippen LogP contribution in [-0.4, -0.2) is 0 Å². The SMILES string of the molecule is C=CC1CCC(c2ccc(C(C)OC(F)(F)c3ccc(C4CCC(CC/C=C/C)CC4)cc3F)cc2)CC1. The molecule has 2 saturated carbocycles. The normalized spacial score (nSPS) is 25.4. The average Bonchev–Trinajstić information content (AvgIpc) is 2.93. The topological polar surface area (TPSA) is 9.23 Å². The molecule has 0 amide bonds. The zero-order chi connectivity index (χ0) is 27.1. The standard InChI is InChI=1S/C34H43F3O/c1-4-6-7-8-26-11-15-30(16-12-26)31-21-22-32(33(35)23-31)34(36,37)38-24(3)27-17-19-29(20-18-27)28-13-9-25(5-2)10-14-28/h4-6,17-26,28,30H,2,7-16H2,1,3H3/b6-4+. The predicted molar refractivity (Wildman–Crippen MR) is 150 cm³/mol. The molecule has 0 spiro atoms. The molecule has 0 aliphatic heterocycles. The van der Waals surface area contributed by atoms with Gasteiger partial charge in [-0.1, -0.05) is 48.6 Å². The van der Waals surface area contributed by atoms with E-state index in [0.717, 1.165) is 63.4 Å². The van der Waals surface area contributed by atoms with Crippen molar-refractivity contribution >= 4 is 0 Å². The lowest BCUT2D eigenvalue weighted by atomic mass is 9.77. The van der Waals surface area contributed by atoms with E-state index >= 15 is 8.78 Å². The van der Waals surface area contributed by atoms with Gasteiger partial charge in [-0.25, -0.2) is 4.39 Å². The molecule has 0 N–H and O–H groups in total. The summed E-state index contributed by atoms with van der Waals surface area (Å²) in [4.78, 5) is 0. The number of hydrogen-bond acceptors (Lipinski definition) is 1. The average molecular weight is 525 g/mol. The van der Waals surface area contributed by atoms with Crippen molar-refractivity contribution in [2.24, 2.45) is 11.8 Å². The minimum absolute atomic E-state index is 0.232. The summed E-state index contributed by atoms with van der Waals surface area (Å²) >= 11 is 0. The molecule has 2 fully saturated rings. The van der Waals surface area contributed by atoms with E-state index in [-0.39, 0.29) is 5.92 Å². The predicted octanol–water partition coefficient (Wildman–Crippen LogP) is 10.7. The molecule has 2 aromatic carbocycles. The van der Waals surface area contributed by atoms with Gasteiger partial charge in [0, 0.05) is 0 Å². The lowest BCUT2D eigenvalue weighted by Gasteiger charge is -2.29. The van der Waals surface area contributed by atoms with Crippen LogP contribution in [0.4, 0.5) is 13.2 Å². The molecule has 0 saturated heterocycles. The Bertz CT molecular complexity index is 1060. The number of allylic oxidation sites excluding steroid dienone is 3. The zero-order valence-corrected chi connectivity index (χ0v) is 23.0. The monoisotopic (exact) mass is 524 g/mol. The van der Waals surface area contributed by atoms with E-state index in [2.05, 4.69) is 18.7 Å². The molecule has 206 valence electrons. The molecule has 2 aromatic rings. The maximum Gasteiger partial charge on any atom is 0.386 e. The molecule has 1 unspecified atom stereocenters. The Morgan fingerprint density at radius 1 is 0.921 bits per heavy atom. The van der Waals surface area contributed by atoms with E-state index in [1.807, 2.05) is 37.3 Å². The Balaban J connectivity index is 1.34. The lowest BCUT2D eigenvalue weighted by Crippen LogP contribution is -2.22. The molecule has 4 rings (SSSR count). The van der Waals surface area contributed by atoms with Crippen molar-refractivity contribution in [3.63, 3.8) is 0 Å². The van der Waals surface area contributed by atoms with E-state index in [4.69, 9.17) is 4.74 Å². The maximum atomic E-state index is 15.1. The van der Waals surface area contributed by atoms with E-state index in [9.17, 15) is 4.39 Å². The highest BCUT2D eigenvalue weighted by molar-refractivity contribution is 5.30. The highest BCUT2D eigenvalue weighted by Gasteiger charge is 2.38. The van der Waals surface area contributed by atoms with Crippen LogP contribution >= 0.6 is 0 Å². The van der Waals surface area contributed by atoms with Crippen molar-refractivity contribution in [2.45, 2.75) is 102 Å². The van der Waals surface area contributed by atoms with Crippen molar-refractivity contribution in [1.29, 1.82) is 0 Å². The third-order valence-corrected chi connectivity index (χ3v) is 8.91. The Hall–Kier alpha value is -2.33. The quantitative estimate of drug-likeness (QED) is 0.281. The molecule has 1 atom stereocenters. The molecular weight excluding hydrogens is 481 g/mol. The molecule has 38 heavy (non-hydrogen) atoms. The van der Waals surface area contributed by atoms with Crippen molar-refractivity contribution in [2.75, 3.05) is 0 Å². The van der Waals surface area contributed by atoms with E-state index in [1.54, 1.807) is 13.0 Å². The summed E-state index contributed by atoms with van der Waals surface area (Å²) in [6, 6.07) is 12.0. The Morgan fingerprint density at radius 3 is 2.13 bits per heavy atom. The highest BCUT2D eigenvalue weighted by atomic mass is 19.3. The largest absolute Gasteiger partial charge is 0.386 e. The minimum Gasteiger partial charge on any atom is -0.309 e. The molecule has 0 radical (unpaired) electrons. The van der Waals surface area contributed by atoms with Crippen LogP contribution in [0, 0.1) is 17.7 Å². The van der Waals surface area contributed by atoms with Crippen LogP contribution in [0.3, 0.4) is 0 Å². The molecule has 2 aliphatic carbocycles. The number of rotatable bonds is 10. The molecule has 0 bridgehead atoms. The fourth-order valence-electron chi connectivity index (χ4n) is 6.39. The smallest absolute Gasteiger partial charge is 0.309 e. The van der Waals surface area contributed by atoms with Crippen molar-refractivity contribution in [3.05, 3.63) is 95.3 Å². The van der Waals surface area contributed by atoms with Gasteiger partial charge in [0.05, 0.1) is 11.7 Å². The second-order valence-electron chi connectivity index (χ2n) is 11.4. The summed E-state index contributed by atoms with van der Waals surface area (Å²) in [5, 5.41) is 0. The Morgan fingerprint density at radius 2 is 1.53 bits per heavy atom. The van der Waals surface area contributed by atoms with Gasteiger partial charge in [0.1, 0.15) is 5.82 Å². The van der Waals surface area contributed by atoms with Gasteiger partial charge >= 0.3 is 6.11 Å². The number of hydrogen-bond donors (Lipinski definition) is 0. The van der Waals surface area contributed by atoms with Crippen LogP contribution in [0.1, 0.15) is 118 Å². The summed E-state index contributed by atoms with van der Waals surface area (Å²) in [7, 11) is 0. The molecule has 4 heteroatoms. The van der Waals surface area contributed by atoms with E-state index in [1.165, 1.54) is 24.1 Å². The number of halogens is 3. The van der Waals surface area contributed by atoms with Gasteiger partial charge in [-0.15, -0.1) is 6.58 Å². The summed E-state index contributed by atoms with van der Waals surface area (Å²) < 4.78 is 50.3. The van der Waals surface area contributed by atoms with Gasteiger partial charge in [0.15, 0.2) is 0 Å². The van der Waals surface area contributed by atoms with Gasteiger partial charge in [0.25, 0.3) is 0 Å². The number of ether oxygens (including phenoxy) is 1. The van der Waals surface area contributed by atoms with E-state index in [0.29, 0.717) is 23.3 Å². The van der Waals surface area contributed by atoms with Crippen molar-refractivity contribution in [3.8, 4) is 0 Å². The van der Waals surface area contributed by atoms with Crippen LogP contribution in [0.5, 0.6) is 0 Å². The Kier molecular flexibility index (Phi) is 9.92. The van der Waals surface area contributed by atoms with Crippen LogP contribution in [-0.2, 0) is 10.8 Å². The van der Waals surface area contributed by atoms with Crippen molar-refractivity contribution in [1.82, 2.24) is 0 Å². The molecular formula is C34H43F3O. The second kappa shape index (κ2) is 13.2. The Labute approximate surface area is 227 Å². The van der Waals surface area contributed by atoms with Crippen LogP contribution in [0.2, 0.25) is 0 Å². The zero-order valence-electron chi connectivity index (χ0n) is 23.0. The van der Waals surface area contributed by atoms with Gasteiger partial charge in [0.2, 0.25) is 0 Å². The molecule has 2 aliphatic rings. The third kappa shape index (κ3) is 7.20. The first-order valence-corrected chi connectivity index (χ1v) is 14.5. The van der Waals surface area contributed by atoms with Crippen LogP contribution < -0.4 is 0 Å². The summed E-state index contributed by atoms with van der Waals surface area (Å²) in [6.07, 6.45) is 12.7. The maximum absolute atomic E-state index is 15.1. The summed E-state index contributed by atoms with van der Waals surface area (Å²) in [6.45, 7) is 7.54. The highest BCUT2D eigenvalue weighted by Crippen LogP contribution is 2.41. The van der Waals surface area contributed by atoms with Gasteiger partial charge in [-0.2, -0.15) is 8.78 Å². The molecule has 0 aromatic heterocycles. The first kappa shape index (κ1) is 28.7. The van der Waals surface area contributed by atoms with Gasteiger partial charge in [-0.3, -0.25) is 0 Å². The first-order valence-electron chi connectivity index (χ1n) is 14.5. The number of benzene rings is 2. The van der Waals surface area contributed by atoms with Gasteiger partial charge in [-0.05, 0) is 131 Å². The molecule has 1 nitrogen and oxygen atoms in total. The van der Waals surface area contributed by atoms with Gasteiger partial charge < -0.3 is 4.74 Å². The fourth-order valence-corrected chi connectivity index (χ4v) is 6.39. The van der Waals surface area contributed by atoms with Crippen molar-refractivity contribution < 1.29 is 17.9 Å². The first-order chi connectivity index (χ1) is 18.3. The van der Waals surface area contributed by atoms with Crippen LogP contribution in [0.25, 0.3) is 0 Å². The lowest BCUT2D eigenvalue weighted by molar-refractivity contribution is -0.273. The number of alkyl halides is 2. The fraction of sp³-hybridized carbons (Fsp3) is 0.529. The third-order valence-electron chi connectivity index (χ3n) is 8.91. The van der Waals surface area contributed by atoms with E-state index < -0.39 is 23.6 Å².